The zero-order valence-corrected chi connectivity index (χ0v) is 12.1. The maximum atomic E-state index is 11.2. The van der Waals surface area contributed by atoms with Crippen LogP contribution in [0.5, 0.6) is 0 Å². The first-order chi connectivity index (χ1) is 8.02. The van der Waals surface area contributed by atoms with E-state index in [0.29, 0.717) is 0 Å². The van der Waals surface area contributed by atoms with Crippen molar-refractivity contribution in [3.05, 3.63) is 40.4 Å². The second kappa shape index (κ2) is 4.79. The van der Waals surface area contributed by atoms with Crippen LogP contribution in [-0.2, 0) is 4.79 Å². The molecule has 0 fully saturated rings. The normalized spacial score (nSPS) is 19.2. The van der Waals surface area contributed by atoms with E-state index in [2.05, 4.69) is 13.1 Å². The highest BCUT2D eigenvalue weighted by Gasteiger charge is 2.28. The molecule has 1 aliphatic heterocycles. The van der Waals surface area contributed by atoms with Crippen molar-refractivity contribution < 1.29 is 4.79 Å². The molecule has 0 unspecified atom stereocenters. The van der Waals surface area contributed by atoms with Gasteiger partial charge in [-0.05, 0) is 41.3 Å². The summed E-state index contributed by atoms with van der Waals surface area (Å²) >= 11 is 5.89. The summed E-state index contributed by atoms with van der Waals surface area (Å²) in [5.74, 6) is 0. The molecule has 0 amide bonds. The number of aldehydes is 1. The number of allylic oxidation sites excluding steroid dienone is 2. The van der Waals surface area contributed by atoms with Crippen LogP contribution in [0.3, 0.4) is 0 Å². The Hall–Kier alpha value is -0.863. The van der Waals surface area contributed by atoms with Gasteiger partial charge in [0.15, 0.2) is 0 Å². The summed E-state index contributed by atoms with van der Waals surface area (Å²) in [7, 11) is -1.18. The molecule has 1 aliphatic rings. The Balaban J connectivity index is 2.39. The summed E-state index contributed by atoms with van der Waals surface area (Å²) in [4.78, 5) is 11.2. The number of carbonyl (C=O) groups excluding carboxylic acids is 1. The first-order valence-electron chi connectivity index (χ1n) is 5.95. The van der Waals surface area contributed by atoms with Crippen molar-refractivity contribution in [3.63, 3.8) is 0 Å². The lowest BCUT2D eigenvalue weighted by Gasteiger charge is -2.29. The minimum atomic E-state index is -1.18. The number of hydrogen-bond donors (Lipinski definition) is 0. The number of benzene rings is 1. The molecule has 1 heterocycles. The van der Waals surface area contributed by atoms with Crippen LogP contribution in [-0.4, -0.2) is 14.4 Å². The van der Waals surface area contributed by atoms with Crippen molar-refractivity contribution in [3.8, 4) is 0 Å². The summed E-state index contributed by atoms with van der Waals surface area (Å²) < 4.78 is 0. The fourth-order valence-corrected chi connectivity index (χ4v) is 4.99. The molecular weight excluding hydrogens is 248 g/mol. The maximum absolute atomic E-state index is 11.2. The molecule has 0 aromatic heterocycles. The third kappa shape index (κ3) is 2.88. The van der Waals surface area contributed by atoms with Crippen LogP contribution in [0.1, 0.15) is 12.0 Å². The van der Waals surface area contributed by atoms with E-state index in [9.17, 15) is 4.79 Å². The van der Waals surface area contributed by atoms with E-state index < -0.39 is 8.07 Å². The molecule has 0 bridgehead atoms. The number of rotatable bonds is 2. The van der Waals surface area contributed by atoms with E-state index in [0.717, 1.165) is 34.9 Å². The smallest absolute Gasteiger partial charge is 0.146 e. The lowest BCUT2D eigenvalue weighted by molar-refractivity contribution is -0.104. The monoisotopic (exact) mass is 264 g/mol. The minimum Gasteiger partial charge on any atom is -0.298 e. The predicted octanol–water partition coefficient (Wildman–Crippen LogP) is 4.40. The van der Waals surface area contributed by atoms with E-state index in [4.69, 9.17) is 11.6 Å². The molecule has 17 heavy (non-hydrogen) atoms. The molecule has 0 radical (unpaired) electrons. The number of hydrogen-bond acceptors (Lipinski definition) is 1. The van der Waals surface area contributed by atoms with Gasteiger partial charge >= 0.3 is 0 Å². The molecule has 0 atom stereocenters. The summed E-state index contributed by atoms with van der Waals surface area (Å²) in [6.45, 7) is 4.71. The largest absolute Gasteiger partial charge is 0.298 e. The lowest BCUT2D eigenvalue weighted by Crippen LogP contribution is -2.29. The zero-order chi connectivity index (χ0) is 12.5. The van der Waals surface area contributed by atoms with Crippen LogP contribution in [0, 0.1) is 0 Å². The third-order valence-electron chi connectivity index (χ3n) is 3.44. The third-order valence-corrected chi connectivity index (χ3v) is 6.64. The SMILES string of the molecule is C[Si]1(C)CCC(c2ccc(Cl)cc2)=C(C=O)C1. The van der Waals surface area contributed by atoms with Crippen molar-refractivity contribution in [1.82, 2.24) is 0 Å². The molecule has 2 rings (SSSR count). The molecule has 1 aromatic carbocycles. The highest BCUT2D eigenvalue weighted by Crippen LogP contribution is 2.37. The molecule has 0 aliphatic carbocycles. The summed E-state index contributed by atoms with van der Waals surface area (Å²) in [6.07, 6.45) is 2.09. The van der Waals surface area contributed by atoms with Gasteiger partial charge in [0.05, 0.1) is 8.07 Å². The fourth-order valence-electron chi connectivity index (χ4n) is 2.43. The Bertz CT molecular complexity index is 460. The van der Waals surface area contributed by atoms with E-state index in [-0.39, 0.29) is 0 Å². The molecular formula is C14H17ClOSi. The second-order valence-electron chi connectivity index (χ2n) is 5.47. The Morgan fingerprint density at radius 2 is 1.88 bits per heavy atom. The van der Waals surface area contributed by atoms with Gasteiger partial charge < -0.3 is 0 Å². The average molecular weight is 265 g/mol. The van der Waals surface area contributed by atoms with Crippen LogP contribution in [0.4, 0.5) is 0 Å². The van der Waals surface area contributed by atoms with Crippen LogP contribution < -0.4 is 0 Å². The van der Waals surface area contributed by atoms with Gasteiger partial charge in [-0.25, -0.2) is 0 Å². The highest BCUT2D eigenvalue weighted by molar-refractivity contribution is 6.78. The number of carbonyl (C=O) groups is 1. The van der Waals surface area contributed by atoms with Crippen LogP contribution >= 0.6 is 11.6 Å². The Morgan fingerprint density at radius 1 is 1.24 bits per heavy atom. The molecule has 0 saturated carbocycles. The van der Waals surface area contributed by atoms with Crippen LogP contribution in [0.25, 0.3) is 5.57 Å². The minimum absolute atomic E-state index is 0.743. The van der Waals surface area contributed by atoms with Crippen LogP contribution in [0.2, 0.25) is 30.2 Å². The average Bonchev–Trinajstić information content (AvgIpc) is 2.29. The van der Waals surface area contributed by atoms with E-state index in [1.165, 1.54) is 11.6 Å². The Labute approximate surface area is 109 Å². The van der Waals surface area contributed by atoms with Gasteiger partial charge in [0.2, 0.25) is 0 Å². The Kier molecular flexibility index (Phi) is 3.55. The fraction of sp³-hybridized carbons (Fsp3) is 0.357. The van der Waals surface area contributed by atoms with E-state index in [1.807, 2.05) is 24.3 Å². The summed E-state index contributed by atoms with van der Waals surface area (Å²) in [5.41, 5.74) is 3.39. The topological polar surface area (TPSA) is 17.1 Å². The van der Waals surface area contributed by atoms with Gasteiger partial charge in [-0.2, -0.15) is 0 Å². The van der Waals surface area contributed by atoms with Gasteiger partial charge in [-0.3, -0.25) is 4.79 Å². The first-order valence-corrected chi connectivity index (χ1v) is 9.74. The van der Waals surface area contributed by atoms with Gasteiger partial charge in [0.25, 0.3) is 0 Å². The van der Waals surface area contributed by atoms with Crippen molar-refractivity contribution in [2.75, 3.05) is 0 Å². The molecule has 90 valence electrons. The van der Waals surface area contributed by atoms with Gasteiger partial charge in [0.1, 0.15) is 6.29 Å². The molecule has 0 N–H and O–H groups in total. The standard InChI is InChI=1S/C14H17ClOSi/c1-17(2)8-7-14(12(9-16)10-17)11-3-5-13(15)6-4-11/h3-6,9H,7-8,10H2,1-2H3. The molecule has 0 saturated heterocycles. The second-order valence-corrected chi connectivity index (χ2v) is 11.1. The van der Waals surface area contributed by atoms with Crippen molar-refractivity contribution >= 4 is 31.5 Å². The van der Waals surface area contributed by atoms with Crippen LogP contribution in [0.15, 0.2) is 29.8 Å². The van der Waals surface area contributed by atoms with E-state index >= 15 is 0 Å². The molecule has 1 aromatic rings. The van der Waals surface area contributed by atoms with Crippen molar-refractivity contribution in [2.45, 2.75) is 31.6 Å². The highest BCUT2D eigenvalue weighted by atomic mass is 35.5. The molecule has 0 spiro atoms. The van der Waals surface area contributed by atoms with Gasteiger partial charge in [-0.1, -0.05) is 42.9 Å². The van der Waals surface area contributed by atoms with Crippen molar-refractivity contribution in [1.29, 1.82) is 0 Å². The first kappa shape index (κ1) is 12.6. The summed E-state index contributed by atoms with van der Waals surface area (Å²) in [5, 5.41) is 0.743. The molecule has 3 heteroatoms. The predicted molar refractivity (Wildman–Crippen MR) is 76.1 cm³/mol. The lowest BCUT2D eigenvalue weighted by atomic mass is 9.98. The van der Waals surface area contributed by atoms with Crippen molar-refractivity contribution in [2.24, 2.45) is 0 Å². The van der Waals surface area contributed by atoms with E-state index in [1.54, 1.807) is 0 Å². The zero-order valence-electron chi connectivity index (χ0n) is 10.3. The van der Waals surface area contributed by atoms with Gasteiger partial charge in [-0.15, -0.1) is 0 Å². The molecule has 1 nitrogen and oxygen atoms in total. The summed E-state index contributed by atoms with van der Waals surface area (Å²) in [6, 6.07) is 10.1. The maximum Gasteiger partial charge on any atom is 0.146 e. The Morgan fingerprint density at radius 3 is 2.47 bits per heavy atom. The van der Waals surface area contributed by atoms with Gasteiger partial charge in [0, 0.05) is 5.02 Å². The number of halogens is 1. The quantitative estimate of drug-likeness (QED) is 0.571.